The van der Waals surface area contributed by atoms with Gasteiger partial charge in [-0.2, -0.15) is 0 Å². The normalized spacial score (nSPS) is 10.1. The summed E-state index contributed by atoms with van der Waals surface area (Å²) >= 11 is 9.00. The van der Waals surface area contributed by atoms with Crippen LogP contribution >= 0.6 is 27.5 Å². The zero-order valence-electron chi connectivity index (χ0n) is 9.93. The Morgan fingerprint density at radius 2 is 2.00 bits per heavy atom. The molecule has 1 amide bonds. The molecule has 1 heterocycles. The molecule has 0 atom stereocenters. The number of carbonyl (C=O) groups excluding carboxylic acids is 1. The van der Waals surface area contributed by atoms with Gasteiger partial charge < -0.3 is 10.4 Å². The van der Waals surface area contributed by atoms with Crippen molar-refractivity contribution >= 4 is 45.1 Å². The van der Waals surface area contributed by atoms with Gasteiger partial charge >= 0.3 is 5.97 Å². The second-order valence-corrected chi connectivity index (χ2v) is 5.16. The first-order valence-corrected chi connectivity index (χ1v) is 6.60. The van der Waals surface area contributed by atoms with Crippen LogP contribution < -0.4 is 5.32 Å². The number of hydrogen-bond acceptors (Lipinski definition) is 3. The lowest BCUT2D eigenvalue weighted by molar-refractivity contribution is 0.0698. The van der Waals surface area contributed by atoms with Gasteiger partial charge in [0.15, 0.2) is 0 Å². The summed E-state index contributed by atoms with van der Waals surface area (Å²) < 4.78 is 0.650. The van der Waals surface area contributed by atoms with Crippen molar-refractivity contribution in [2.75, 3.05) is 5.32 Å². The van der Waals surface area contributed by atoms with Crippen LogP contribution in [0.5, 0.6) is 0 Å². The predicted molar refractivity (Wildman–Crippen MR) is 78.3 cm³/mol. The van der Waals surface area contributed by atoms with E-state index in [1.807, 2.05) is 0 Å². The zero-order valence-corrected chi connectivity index (χ0v) is 12.3. The quantitative estimate of drug-likeness (QED) is 0.884. The van der Waals surface area contributed by atoms with Gasteiger partial charge in [-0.25, -0.2) is 4.79 Å². The van der Waals surface area contributed by atoms with Crippen molar-refractivity contribution in [2.45, 2.75) is 0 Å². The van der Waals surface area contributed by atoms with E-state index in [0.29, 0.717) is 9.50 Å². The fraction of sp³-hybridized carbons (Fsp3) is 0. The van der Waals surface area contributed by atoms with Crippen LogP contribution in [0.15, 0.2) is 41.0 Å². The first-order chi connectivity index (χ1) is 9.47. The Labute approximate surface area is 127 Å². The van der Waals surface area contributed by atoms with Gasteiger partial charge in [0.25, 0.3) is 5.91 Å². The fourth-order valence-corrected chi connectivity index (χ4v) is 2.04. The largest absolute Gasteiger partial charge is 0.478 e. The van der Waals surface area contributed by atoms with Crippen LogP contribution in [0.25, 0.3) is 0 Å². The number of carbonyl (C=O) groups is 2. The first kappa shape index (κ1) is 14.5. The monoisotopic (exact) mass is 354 g/mol. The molecule has 2 rings (SSSR count). The van der Waals surface area contributed by atoms with E-state index in [-0.39, 0.29) is 16.9 Å². The maximum absolute atomic E-state index is 12.0. The average molecular weight is 356 g/mol. The van der Waals surface area contributed by atoms with Gasteiger partial charge in [0.2, 0.25) is 0 Å². The molecule has 2 aromatic rings. The maximum atomic E-state index is 12.0. The summed E-state index contributed by atoms with van der Waals surface area (Å²) in [7, 11) is 0. The number of hydrogen-bond donors (Lipinski definition) is 2. The lowest BCUT2D eigenvalue weighted by Crippen LogP contribution is -2.16. The van der Waals surface area contributed by atoms with Gasteiger partial charge in [-0.05, 0) is 30.3 Å². The third-order valence-corrected chi connectivity index (χ3v) is 3.14. The molecule has 20 heavy (non-hydrogen) atoms. The number of carboxylic acid groups (broad SMARTS) is 1. The van der Waals surface area contributed by atoms with E-state index >= 15 is 0 Å². The Morgan fingerprint density at radius 1 is 1.25 bits per heavy atom. The van der Waals surface area contributed by atoms with E-state index in [1.165, 1.54) is 24.4 Å². The van der Waals surface area contributed by atoms with Crippen molar-refractivity contribution in [2.24, 2.45) is 0 Å². The molecular weight excluding hydrogens is 348 g/mol. The molecule has 2 N–H and O–H groups in total. The van der Waals surface area contributed by atoms with Crippen molar-refractivity contribution in [3.63, 3.8) is 0 Å². The minimum absolute atomic E-state index is 0.0106. The second-order valence-electron chi connectivity index (χ2n) is 3.81. The summed E-state index contributed by atoms with van der Waals surface area (Å²) in [5.41, 5.74) is 0.274. The van der Waals surface area contributed by atoms with Crippen molar-refractivity contribution < 1.29 is 14.7 Å². The summed E-state index contributed by atoms with van der Waals surface area (Å²) in [5.74, 6) is -1.67. The lowest BCUT2D eigenvalue weighted by atomic mass is 10.1. The maximum Gasteiger partial charge on any atom is 0.337 e. The molecule has 0 aliphatic carbocycles. The van der Waals surface area contributed by atoms with E-state index in [9.17, 15) is 9.59 Å². The molecule has 5 nitrogen and oxygen atoms in total. The van der Waals surface area contributed by atoms with Crippen molar-refractivity contribution in [3.8, 4) is 0 Å². The molecule has 0 saturated heterocycles. The number of carboxylic acids is 1. The molecule has 0 spiro atoms. The van der Waals surface area contributed by atoms with Crippen molar-refractivity contribution in [3.05, 3.63) is 57.3 Å². The molecule has 1 aromatic heterocycles. The highest BCUT2D eigenvalue weighted by atomic mass is 79.9. The Hall–Kier alpha value is -1.92. The molecule has 0 aliphatic heterocycles. The number of nitrogens with zero attached hydrogens (tertiary/aromatic N) is 1. The number of halogens is 2. The van der Waals surface area contributed by atoms with Gasteiger partial charge in [0.05, 0.1) is 11.3 Å². The Kier molecular flexibility index (Phi) is 4.36. The number of amides is 1. The number of nitrogens with one attached hydrogen (secondary N) is 1. The van der Waals surface area contributed by atoms with Crippen molar-refractivity contribution in [1.82, 2.24) is 4.98 Å². The number of benzene rings is 1. The second kappa shape index (κ2) is 6.02. The minimum Gasteiger partial charge on any atom is -0.478 e. The summed E-state index contributed by atoms with van der Waals surface area (Å²) in [6.07, 6.45) is 1.40. The molecule has 0 aliphatic rings. The van der Waals surface area contributed by atoms with E-state index in [2.05, 4.69) is 26.2 Å². The number of anilines is 1. The van der Waals surface area contributed by atoms with E-state index in [1.54, 1.807) is 12.1 Å². The van der Waals surface area contributed by atoms with E-state index < -0.39 is 11.9 Å². The lowest BCUT2D eigenvalue weighted by Gasteiger charge is -2.08. The van der Waals surface area contributed by atoms with Crippen molar-refractivity contribution in [1.29, 1.82) is 0 Å². The highest BCUT2D eigenvalue weighted by molar-refractivity contribution is 9.10. The summed E-state index contributed by atoms with van der Waals surface area (Å²) in [6.45, 7) is 0. The third kappa shape index (κ3) is 3.34. The molecule has 0 unspecified atom stereocenters. The molecular formula is C13H8BrClN2O3. The first-order valence-electron chi connectivity index (χ1n) is 5.43. The topological polar surface area (TPSA) is 79.3 Å². The molecule has 102 valence electrons. The van der Waals surface area contributed by atoms with Crippen LogP contribution in [0.4, 0.5) is 5.69 Å². The highest BCUT2D eigenvalue weighted by Gasteiger charge is 2.15. The van der Waals surface area contributed by atoms with Gasteiger partial charge in [0.1, 0.15) is 5.69 Å². The van der Waals surface area contributed by atoms with Crippen LogP contribution in [-0.2, 0) is 0 Å². The van der Waals surface area contributed by atoms with Crippen LogP contribution in [0.3, 0.4) is 0 Å². The molecule has 7 heteroatoms. The van der Waals surface area contributed by atoms with E-state index in [4.69, 9.17) is 16.7 Å². The number of aromatic nitrogens is 1. The van der Waals surface area contributed by atoms with Gasteiger partial charge in [-0.3, -0.25) is 9.78 Å². The third-order valence-electron chi connectivity index (χ3n) is 2.41. The Balaban J connectivity index is 2.32. The van der Waals surface area contributed by atoms with Crippen LogP contribution in [-0.4, -0.2) is 22.0 Å². The van der Waals surface area contributed by atoms with Crippen LogP contribution in [0.1, 0.15) is 20.8 Å². The van der Waals surface area contributed by atoms with Gasteiger partial charge in [-0.15, -0.1) is 0 Å². The summed E-state index contributed by atoms with van der Waals surface area (Å²) in [5, 5.41) is 12.0. The fourth-order valence-electron chi connectivity index (χ4n) is 1.52. The van der Waals surface area contributed by atoms with Gasteiger partial charge in [0, 0.05) is 15.7 Å². The molecule has 0 fully saturated rings. The van der Waals surface area contributed by atoms with E-state index in [0.717, 1.165) is 0 Å². The predicted octanol–water partition coefficient (Wildman–Crippen LogP) is 3.45. The number of rotatable bonds is 3. The zero-order chi connectivity index (χ0) is 14.7. The molecule has 0 radical (unpaired) electrons. The summed E-state index contributed by atoms with van der Waals surface area (Å²) in [4.78, 5) is 27.0. The smallest absolute Gasteiger partial charge is 0.337 e. The van der Waals surface area contributed by atoms with Gasteiger partial charge in [-0.1, -0.05) is 27.5 Å². The SMILES string of the molecule is O=C(Nc1cc(Br)ccc1C(=O)O)c1cc(Cl)ccn1. The Morgan fingerprint density at radius 3 is 2.65 bits per heavy atom. The minimum atomic E-state index is -1.13. The summed E-state index contributed by atoms with van der Waals surface area (Å²) in [6, 6.07) is 7.42. The molecule has 0 saturated carbocycles. The number of pyridine rings is 1. The highest BCUT2D eigenvalue weighted by Crippen LogP contribution is 2.22. The average Bonchev–Trinajstić information content (AvgIpc) is 2.38. The Bertz CT molecular complexity index is 691. The standard InChI is InChI=1S/C13H8BrClN2O3/c14-7-1-2-9(13(19)20)10(5-7)17-12(18)11-6-8(15)3-4-16-11/h1-6H,(H,17,18)(H,19,20). The molecule has 0 bridgehead atoms. The number of aromatic carboxylic acids is 1. The van der Waals surface area contributed by atoms with Crippen LogP contribution in [0.2, 0.25) is 5.02 Å². The molecule has 1 aromatic carbocycles. The van der Waals surface area contributed by atoms with Crippen LogP contribution in [0, 0.1) is 0 Å².